The molecule has 0 unspecified atom stereocenters. The van der Waals surface area contributed by atoms with Gasteiger partial charge in [0.1, 0.15) is 18.1 Å². The summed E-state index contributed by atoms with van der Waals surface area (Å²) in [4.78, 5) is 0. The van der Waals surface area contributed by atoms with E-state index in [0.29, 0.717) is 17.7 Å². The van der Waals surface area contributed by atoms with Crippen LogP contribution in [0.2, 0.25) is 0 Å². The summed E-state index contributed by atoms with van der Waals surface area (Å²) in [6.45, 7) is 3.99. The molecular weight excluding hydrogens is 232 g/mol. The lowest BCUT2D eigenvalue weighted by Crippen LogP contribution is -1.93. The molecule has 1 aromatic carbocycles. The zero-order valence-electron chi connectivity index (χ0n) is 7.16. The summed E-state index contributed by atoms with van der Waals surface area (Å²) in [5.74, 6) is 0.880. The molecule has 3 heteroatoms. The third-order valence-electron chi connectivity index (χ3n) is 1.47. The van der Waals surface area contributed by atoms with E-state index < -0.39 is 0 Å². The summed E-state index contributed by atoms with van der Waals surface area (Å²) < 4.78 is 5.28. The summed E-state index contributed by atoms with van der Waals surface area (Å²) >= 11 is 3.31. The molecule has 0 heterocycles. The largest absolute Gasteiger partial charge is 0.508 e. The van der Waals surface area contributed by atoms with Crippen LogP contribution in [0.25, 0.3) is 0 Å². The number of aromatic hydroxyl groups is 1. The van der Waals surface area contributed by atoms with Crippen LogP contribution < -0.4 is 4.74 Å². The van der Waals surface area contributed by atoms with Gasteiger partial charge in [-0.25, -0.2) is 0 Å². The Bertz CT molecular complexity index is 297. The van der Waals surface area contributed by atoms with E-state index in [1.807, 2.05) is 6.07 Å². The Kier molecular flexibility index (Phi) is 3.83. The average molecular weight is 243 g/mol. The van der Waals surface area contributed by atoms with Crippen molar-refractivity contribution >= 4 is 15.9 Å². The second kappa shape index (κ2) is 4.92. The molecule has 0 spiro atoms. The highest BCUT2D eigenvalue weighted by Gasteiger charge is 1.99. The Labute approximate surface area is 86.0 Å². The predicted molar refractivity (Wildman–Crippen MR) is 56.4 cm³/mol. The van der Waals surface area contributed by atoms with Gasteiger partial charge in [-0.3, -0.25) is 0 Å². The molecule has 0 amide bonds. The van der Waals surface area contributed by atoms with Crippen LogP contribution in [-0.2, 0) is 5.33 Å². The van der Waals surface area contributed by atoms with E-state index >= 15 is 0 Å². The zero-order chi connectivity index (χ0) is 9.68. The van der Waals surface area contributed by atoms with Gasteiger partial charge in [-0.15, -0.1) is 0 Å². The molecule has 2 nitrogen and oxygen atoms in total. The number of benzene rings is 1. The highest BCUT2D eigenvalue weighted by Crippen LogP contribution is 2.23. The molecule has 0 aromatic heterocycles. The molecule has 0 atom stereocenters. The SMILES string of the molecule is C=CCOc1cc(O)cc(CBr)c1. The predicted octanol–water partition coefficient (Wildman–Crippen LogP) is 2.85. The first kappa shape index (κ1) is 10.1. The standard InChI is InChI=1S/C10H11BrO2/c1-2-3-13-10-5-8(7-11)4-9(12)6-10/h2,4-6,12H,1,3,7H2. The molecule has 1 N–H and O–H groups in total. The van der Waals surface area contributed by atoms with E-state index in [1.54, 1.807) is 18.2 Å². The molecule has 1 aromatic rings. The molecule has 0 fully saturated rings. The first-order valence-electron chi connectivity index (χ1n) is 3.89. The van der Waals surface area contributed by atoms with Crippen molar-refractivity contribution in [1.82, 2.24) is 0 Å². The number of hydrogen-bond donors (Lipinski definition) is 1. The van der Waals surface area contributed by atoms with Crippen molar-refractivity contribution < 1.29 is 9.84 Å². The smallest absolute Gasteiger partial charge is 0.123 e. The first-order chi connectivity index (χ1) is 6.26. The zero-order valence-corrected chi connectivity index (χ0v) is 8.75. The lowest BCUT2D eigenvalue weighted by atomic mass is 10.2. The molecule has 0 aliphatic heterocycles. The number of hydrogen-bond acceptors (Lipinski definition) is 2. The van der Waals surface area contributed by atoms with Gasteiger partial charge < -0.3 is 9.84 Å². The summed E-state index contributed by atoms with van der Waals surface area (Å²) in [7, 11) is 0. The Balaban J connectivity index is 2.81. The van der Waals surface area contributed by atoms with E-state index in [1.165, 1.54) is 0 Å². The van der Waals surface area contributed by atoms with E-state index in [0.717, 1.165) is 5.56 Å². The van der Waals surface area contributed by atoms with Crippen molar-refractivity contribution in [3.63, 3.8) is 0 Å². The van der Waals surface area contributed by atoms with Crippen LogP contribution in [0.5, 0.6) is 11.5 Å². The fraction of sp³-hybridized carbons (Fsp3) is 0.200. The molecule has 0 aliphatic rings. The molecule has 0 aliphatic carbocycles. The second-order valence-electron chi connectivity index (χ2n) is 2.57. The summed E-state index contributed by atoms with van der Waals surface area (Å²) in [6, 6.07) is 5.14. The molecule has 1 rings (SSSR count). The summed E-state index contributed by atoms with van der Waals surface area (Å²) in [6.07, 6.45) is 1.66. The molecule has 0 bridgehead atoms. The van der Waals surface area contributed by atoms with Gasteiger partial charge in [-0.1, -0.05) is 28.6 Å². The molecule has 70 valence electrons. The van der Waals surface area contributed by atoms with Crippen LogP contribution >= 0.6 is 15.9 Å². The van der Waals surface area contributed by atoms with Crippen molar-refractivity contribution in [2.24, 2.45) is 0 Å². The molecule has 0 saturated carbocycles. The number of rotatable bonds is 4. The monoisotopic (exact) mass is 242 g/mol. The lowest BCUT2D eigenvalue weighted by molar-refractivity contribution is 0.359. The molecule has 13 heavy (non-hydrogen) atoms. The van der Waals surface area contributed by atoms with Crippen LogP contribution in [0, 0.1) is 0 Å². The van der Waals surface area contributed by atoms with Crippen molar-refractivity contribution in [2.45, 2.75) is 5.33 Å². The van der Waals surface area contributed by atoms with E-state index in [2.05, 4.69) is 22.5 Å². The maximum absolute atomic E-state index is 9.30. The average Bonchev–Trinajstić information content (AvgIpc) is 2.14. The fourth-order valence-corrected chi connectivity index (χ4v) is 1.28. The van der Waals surface area contributed by atoms with Gasteiger partial charge in [0.15, 0.2) is 0 Å². The summed E-state index contributed by atoms with van der Waals surface area (Å²) in [5.41, 5.74) is 0.985. The summed E-state index contributed by atoms with van der Waals surface area (Å²) in [5, 5.41) is 10.00. The van der Waals surface area contributed by atoms with Gasteiger partial charge in [0, 0.05) is 11.4 Å². The van der Waals surface area contributed by atoms with Gasteiger partial charge in [-0.05, 0) is 17.7 Å². The minimum atomic E-state index is 0.219. The molecule has 0 radical (unpaired) electrons. The van der Waals surface area contributed by atoms with Gasteiger partial charge in [-0.2, -0.15) is 0 Å². The Morgan fingerprint density at radius 3 is 2.85 bits per heavy atom. The van der Waals surface area contributed by atoms with Crippen molar-refractivity contribution in [2.75, 3.05) is 6.61 Å². The number of phenolic OH excluding ortho intramolecular Hbond substituents is 1. The highest BCUT2D eigenvalue weighted by molar-refractivity contribution is 9.08. The van der Waals surface area contributed by atoms with Crippen LogP contribution in [0.15, 0.2) is 30.9 Å². The van der Waals surface area contributed by atoms with Crippen molar-refractivity contribution in [3.05, 3.63) is 36.4 Å². The van der Waals surface area contributed by atoms with Crippen LogP contribution in [-0.4, -0.2) is 11.7 Å². The van der Waals surface area contributed by atoms with Crippen molar-refractivity contribution in [3.8, 4) is 11.5 Å². The van der Waals surface area contributed by atoms with E-state index in [-0.39, 0.29) is 5.75 Å². The molecular formula is C10H11BrO2. The maximum Gasteiger partial charge on any atom is 0.123 e. The third kappa shape index (κ3) is 3.11. The number of phenols is 1. The number of alkyl halides is 1. The normalized spacial score (nSPS) is 9.62. The second-order valence-corrected chi connectivity index (χ2v) is 3.13. The van der Waals surface area contributed by atoms with E-state index in [4.69, 9.17) is 4.74 Å². The van der Waals surface area contributed by atoms with E-state index in [9.17, 15) is 5.11 Å². The quantitative estimate of drug-likeness (QED) is 0.650. The van der Waals surface area contributed by atoms with Gasteiger partial charge in [0.05, 0.1) is 0 Å². The number of ether oxygens (including phenoxy) is 1. The molecule has 0 saturated heterocycles. The minimum Gasteiger partial charge on any atom is -0.508 e. The fourth-order valence-electron chi connectivity index (χ4n) is 0.959. The van der Waals surface area contributed by atoms with Crippen LogP contribution in [0.1, 0.15) is 5.56 Å². The Hall–Kier alpha value is -0.960. The third-order valence-corrected chi connectivity index (χ3v) is 2.12. The Morgan fingerprint density at radius 2 is 2.23 bits per heavy atom. The number of halogens is 1. The van der Waals surface area contributed by atoms with Gasteiger partial charge in [0.25, 0.3) is 0 Å². The highest BCUT2D eigenvalue weighted by atomic mass is 79.9. The van der Waals surface area contributed by atoms with Crippen molar-refractivity contribution in [1.29, 1.82) is 0 Å². The minimum absolute atomic E-state index is 0.219. The maximum atomic E-state index is 9.30. The van der Waals surface area contributed by atoms with Gasteiger partial charge >= 0.3 is 0 Å². The van der Waals surface area contributed by atoms with Crippen LogP contribution in [0.4, 0.5) is 0 Å². The topological polar surface area (TPSA) is 29.5 Å². The van der Waals surface area contributed by atoms with Crippen LogP contribution in [0.3, 0.4) is 0 Å². The first-order valence-corrected chi connectivity index (χ1v) is 5.01. The van der Waals surface area contributed by atoms with Gasteiger partial charge in [0.2, 0.25) is 0 Å². The Morgan fingerprint density at radius 1 is 1.46 bits per heavy atom. The lowest BCUT2D eigenvalue weighted by Gasteiger charge is -2.05.